The van der Waals surface area contributed by atoms with Gasteiger partial charge in [0.25, 0.3) is 5.89 Å². The van der Waals surface area contributed by atoms with Crippen molar-refractivity contribution in [1.82, 2.24) is 14.7 Å². The van der Waals surface area contributed by atoms with Gasteiger partial charge in [0, 0.05) is 13.0 Å². The first kappa shape index (κ1) is 19.4. The third-order valence-electron chi connectivity index (χ3n) is 5.02. The molecule has 1 amide bonds. The minimum Gasteiger partial charge on any atom is -0.494 e. The number of hydrogen-bond acceptors (Lipinski definition) is 6. The largest absolute Gasteiger partial charge is 0.494 e. The number of carbonyl (C=O) groups excluding carboxylic acids is 1. The van der Waals surface area contributed by atoms with Crippen molar-refractivity contribution in [3.63, 3.8) is 0 Å². The van der Waals surface area contributed by atoms with Crippen molar-refractivity contribution < 1.29 is 13.9 Å². The number of carbonyl (C=O) groups is 1. The van der Waals surface area contributed by atoms with Crippen LogP contribution in [0.25, 0.3) is 10.8 Å². The first-order chi connectivity index (χ1) is 14.2. The molecule has 0 saturated carbocycles. The molecule has 0 unspecified atom stereocenters. The molecule has 0 N–H and O–H groups in total. The molecule has 8 heteroatoms. The molecule has 1 aromatic carbocycles. The first-order valence-electron chi connectivity index (χ1n) is 9.79. The number of amides is 1. The van der Waals surface area contributed by atoms with E-state index in [4.69, 9.17) is 9.15 Å². The molecule has 1 saturated heterocycles. The fraction of sp³-hybridized carbons (Fsp3) is 0.381. The highest BCUT2D eigenvalue weighted by atomic mass is 32.1. The molecule has 0 spiro atoms. The summed E-state index contributed by atoms with van der Waals surface area (Å²) in [6.07, 6.45) is 2.12. The summed E-state index contributed by atoms with van der Waals surface area (Å²) in [4.78, 5) is 27.6. The zero-order chi connectivity index (χ0) is 20.2. The van der Waals surface area contributed by atoms with E-state index in [1.165, 1.54) is 16.0 Å². The van der Waals surface area contributed by atoms with Crippen LogP contribution < -0.4 is 10.5 Å². The summed E-state index contributed by atoms with van der Waals surface area (Å²) in [6.45, 7) is 3.52. The van der Waals surface area contributed by atoms with Gasteiger partial charge in [0.1, 0.15) is 5.75 Å². The molecule has 0 radical (unpaired) electrons. The van der Waals surface area contributed by atoms with Gasteiger partial charge in [0.15, 0.2) is 0 Å². The standard InChI is InChI=1S/C21H23N3O4S/c1-2-27-16-9-7-15(8-10-16)17-5-3-12-23(17)19(25)11-13-24-21(26)28-20(22-24)18-6-4-14-29-18/h4,6-10,14,17H,2-3,5,11-13H2,1H3/t17-/m1/s1. The number of thiophene rings is 1. The van der Waals surface area contributed by atoms with Gasteiger partial charge in [-0.3, -0.25) is 4.79 Å². The Labute approximate surface area is 172 Å². The minimum absolute atomic E-state index is 0.0222. The van der Waals surface area contributed by atoms with Crippen LogP contribution in [0.1, 0.15) is 37.8 Å². The Bertz CT molecular complexity index is 1010. The predicted molar refractivity (Wildman–Crippen MR) is 110 cm³/mol. The lowest BCUT2D eigenvalue weighted by atomic mass is 10.0. The Hall–Kier alpha value is -2.87. The SMILES string of the molecule is CCOc1ccc([C@H]2CCCN2C(=O)CCn2nc(-c3cccs3)oc2=O)cc1. The molecule has 2 aromatic heterocycles. The van der Waals surface area contributed by atoms with E-state index in [9.17, 15) is 9.59 Å². The smallest absolute Gasteiger partial charge is 0.437 e. The average molecular weight is 413 g/mol. The summed E-state index contributed by atoms with van der Waals surface area (Å²) in [5.74, 6) is 0.615. The maximum Gasteiger partial charge on any atom is 0.437 e. The van der Waals surface area contributed by atoms with Crippen molar-refractivity contribution in [2.75, 3.05) is 13.2 Å². The van der Waals surface area contributed by atoms with Crippen LogP contribution in [-0.2, 0) is 11.3 Å². The van der Waals surface area contributed by atoms with Gasteiger partial charge in [-0.05, 0) is 48.9 Å². The van der Waals surface area contributed by atoms with Crippen LogP contribution >= 0.6 is 11.3 Å². The second-order valence-electron chi connectivity index (χ2n) is 6.87. The summed E-state index contributed by atoms with van der Waals surface area (Å²) in [6, 6.07) is 11.7. The van der Waals surface area contributed by atoms with E-state index in [1.807, 2.05) is 53.6 Å². The summed E-state index contributed by atoms with van der Waals surface area (Å²) < 4.78 is 11.9. The van der Waals surface area contributed by atoms with Crippen molar-refractivity contribution in [3.8, 4) is 16.5 Å². The number of hydrogen-bond donors (Lipinski definition) is 0. The second-order valence-corrected chi connectivity index (χ2v) is 7.82. The van der Waals surface area contributed by atoms with E-state index in [1.54, 1.807) is 0 Å². The molecule has 7 nitrogen and oxygen atoms in total. The average Bonchev–Trinajstić information content (AvgIpc) is 3.48. The zero-order valence-corrected chi connectivity index (χ0v) is 17.1. The normalized spacial score (nSPS) is 16.3. The lowest BCUT2D eigenvalue weighted by Gasteiger charge is -2.25. The monoisotopic (exact) mass is 413 g/mol. The number of aromatic nitrogens is 2. The number of nitrogens with zero attached hydrogens (tertiary/aromatic N) is 3. The van der Waals surface area contributed by atoms with E-state index in [2.05, 4.69) is 5.10 Å². The lowest BCUT2D eigenvalue weighted by Crippen LogP contribution is -2.32. The number of benzene rings is 1. The molecular weight excluding hydrogens is 390 g/mol. The topological polar surface area (TPSA) is 77.6 Å². The highest BCUT2D eigenvalue weighted by Crippen LogP contribution is 2.33. The van der Waals surface area contributed by atoms with Crippen LogP contribution in [0.5, 0.6) is 5.75 Å². The molecule has 1 atom stereocenters. The molecule has 0 aliphatic carbocycles. The molecule has 3 aromatic rings. The maximum atomic E-state index is 12.8. The molecule has 29 heavy (non-hydrogen) atoms. The maximum absolute atomic E-state index is 12.8. The van der Waals surface area contributed by atoms with Gasteiger partial charge in [-0.15, -0.1) is 16.4 Å². The highest BCUT2D eigenvalue weighted by Gasteiger charge is 2.29. The van der Waals surface area contributed by atoms with Gasteiger partial charge < -0.3 is 14.1 Å². The first-order valence-corrected chi connectivity index (χ1v) is 10.7. The van der Waals surface area contributed by atoms with Crippen molar-refractivity contribution >= 4 is 17.2 Å². The van der Waals surface area contributed by atoms with Crippen LogP contribution in [0, 0.1) is 0 Å². The van der Waals surface area contributed by atoms with E-state index in [-0.39, 0.29) is 24.9 Å². The van der Waals surface area contributed by atoms with E-state index >= 15 is 0 Å². The summed E-state index contributed by atoms with van der Waals surface area (Å²) >= 11 is 1.45. The fourth-order valence-electron chi connectivity index (χ4n) is 3.66. The molecule has 1 fully saturated rings. The van der Waals surface area contributed by atoms with Gasteiger partial charge in [0.05, 0.1) is 24.1 Å². The Morgan fingerprint density at radius 3 is 2.86 bits per heavy atom. The summed E-state index contributed by atoms with van der Waals surface area (Å²) in [5, 5.41) is 6.11. The van der Waals surface area contributed by atoms with Gasteiger partial charge in [-0.1, -0.05) is 18.2 Å². The molecule has 0 bridgehead atoms. The van der Waals surface area contributed by atoms with Gasteiger partial charge >= 0.3 is 5.76 Å². The van der Waals surface area contributed by atoms with Gasteiger partial charge in [-0.25, -0.2) is 4.79 Å². The Kier molecular flexibility index (Phi) is 5.80. The Balaban J connectivity index is 1.41. The Morgan fingerprint density at radius 2 is 2.14 bits per heavy atom. The number of ether oxygens (including phenoxy) is 1. The van der Waals surface area contributed by atoms with E-state index < -0.39 is 5.76 Å². The minimum atomic E-state index is -0.536. The quantitative estimate of drug-likeness (QED) is 0.590. The van der Waals surface area contributed by atoms with Crippen LogP contribution in [0.2, 0.25) is 0 Å². The van der Waals surface area contributed by atoms with Crippen molar-refractivity contribution in [2.45, 2.75) is 38.8 Å². The van der Waals surface area contributed by atoms with E-state index in [0.717, 1.165) is 35.6 Å². The van der Waals surface area contributed by atoms with Crippen LogP contribution in [0.4, 0.5) is 0 Å². The third-order valence-corrected chi connectivity index (χ3v) is 5.88. The predicted octanol–water partition coefficient (Wildman–Crippen LogP) is 3.72. The van der Waals surface area contributed by atoms with E-state index in [0.29, 0.717) is 12.5 Å². The molecule has 152 valence electrons. The Morgan fingerprint density at radius 1 is 1.31 bits per heavy atom. The van der Waals surface area contributed by atoms with Crippen molar-refractivity contribution in [2.24, 2.45) is 0 Å². The molecule has 4 rings (SSSR count). The highest BCUT2D eigenvalue weighted by molar-refractivity contribution is 7.13. The van der Waals surface area contributed by atoms with Crippen LogP contribution in [-0.4, -0.2) is 33.7 Å². The molecule has 1 aliphatic heterocycles. The van der Waals surface area contributed by atoms with Crippen molar-refractivity contribution in [3.05, 3.63) is 57.9 Å². The van der Waals surface area contributed by atoms with Crippen molar-refractivity contribution in [1.29, 1.82) is 0 Å². The third kappa shape index (κ3) is 4.27. The zero-order valence-electron chi connectivity index (χ0n) is 16.2. The number of likely N-dealkylation sites (tertiary alicyclic amines) is 1. The second kappa shape index (κ2) is 8.65. The molecule has 3 heterocycles. The molecular formula is C21H23N3O4S. The van der Waals surface area contributed by atoms with Crippen LogP contribution in [0.3, 0.4) is 0 Å². The summed E-state index contributed by atoms with van der Waals surface area (Å²) in [7, 11) is 0. The van der Waals surface area contributed by atoms with Crippen LogP contribution in [0.15, 0.2) is 51.0 Å². The fourth-order valence-corrected chi connectivity index (χ4v) is 4.30. The summed E-state index contributed by atoms with van der Waals surface area (Å²) in [5.41, 5.74) is 1.11. The molecule has 1 aliphatic rings. The number of aryl methyl sites for hydroxylation is 1. The number of rotatable bonds is 7. The van der Waals surface area contributed by atoms with Gasteiger partial charge in [0.2, 0.25) is 5.91 Å². The lowest BCUT2D eigenvalue weighted by molar-refractivity contribution is -0.132. The van der Waals surface area contributed by atoms with Gasteiger partial charge in [-0.2, -0.15) is 4.68 Å².